The minimum Gasteiger partial charge on any atom is -0.467 e. The summed E-state index contributed by atoms with van der Waals surface area (Å²) < 4.78 is 4.93. The van der Waals surface area contributed by atoms with Crippen molar-refractivity contribution in [2.24, 2.45) is 17.3 Å². The summed E-state index contributed by atoms with van der Waals surface area (Å²) in [7, 11) is 1.41. The van der Waals surface area contributed by atoms with Crippen LogP contribution in [0.1, 0.15) is 50.7 Å². The Morgan fingerprint density at radius 1 is 1.09 bits per heavy atom. The van der Waals surface area contributed by atoms with E-state index in [2.05, 4.69) is 39.4 Å². The maximum absolute atomic E-state index is 13.0. The summed E-state index contributed by atoms with van der Waals surface area (Å²) in [5.74, 6) is 0.569. The lowest BCUT2D eigenvalue weighted by Crippen LogP contribution is -2.51. The molecule has 3 aliphatic rings. The molecule has 7 heteroatoms. The van der Waals surface area contributed by atoms with E-state index in [1.807, 2.05) is 13.8 Å². The second kappa shape index (κ2) is 10.00. The van der Waals surface area contributed by atoms with Gasteiger partial charge in [-0.15, -0.1) is 0 Å². The molecule has 1 aromatic rings. The van der Waals surface area contributed by atoms with Crippen molar-refractivity contribution >= 4 is 29.2 Å². The zero-order valence-electron chi connectivity index (χ0n) is 20.1. The number of rotatable bonds is 5. The molecule has 1 atom stereocenters. The van der Waals surface area contributed by atoms with Gasteiger partial charge in [-0.1, -0.05) is 38.1 Å². The lowest BCUT2D eigenvalue weighted by Gasteiger charge is -2.40. The van der Waals surface area contributed by atoms with E-state index >= 15 is 0 Å². The van der Waals surface area contributed by atoms with Crippen LogP contribution in [0.25, 0.3) is 0 Å². The lowest BCUT2D eigenvalue weighted by molar-refractivity contribution is -0.143. The molecular weight excluding hydrogens is 434 g/mol. The Morgan fingerprint density at radius 2 is 1.67 bits per heavy atom. The average molecular weight is 472 g/mol. The van der Waals surface area contributed by atoms with Crippen molar-refractivity contribution in [3.8, 4) is 0 Å². The van der Waals surface area contributed by atoms with Gasteiger partial charge in [0, 0.05) is 32.6 Å². The first-order valence-corrected chi connectivity index (χ1v) is 12.7. The fourth-order valence-electron chi connectivity index (χ4n) is 5.77. The monoisotopic (exact) mass is 471 g/mol. The number of amides is 1. The molecule has 2 heterocycles. The number of likely N-dealkylation sites (tertiary alicyclic amines) is 2. The third kappa shape index (κ3) is 5.34. The molecule has 33 heavy (non-hydrogen) atoms. The number of carbonyl (C=O) groups excluding carboxylic acids is 2. The molecule has 1 spiro atoms. The molecule has 2 fully saturated rings. The third-order valence-electron chi connectivity index (χ3n) is 7.90. The van der Waals surface area contributed by atoms with Gasteiger partial charge in [0.1, 0.15) is 6.04 Å². The predicted octanol–water partition coefficient (Wildman–Crippen LogP) is 3.18. The molecule has 0 aromatic heterocycles. The molecule has 0 radical (unpaired) electrons. The van der Waals surface area contributed by atoms with E-state index in [0.29, 0.717) is 23.4 Å². The van der Waals surface area contributed by atoms with Crippen LogP contribution in [0.15, 0.2) is 24.3 Å². The largest absolute Gasteiger partial charge is 0.467 e. The second-order valence-corrected chi connectivity index (χ2v) is 10.9. The highest BCUT2D eigenvalue weighted by Gasteiger charge is 2.42. The molecular formula is C26H37N3O3S. The first kappa shape index (κ1) is 24.0. The summed E-state index contributed by atoms with van der Waals surface area (Å²) in [4.78, 5) is 29.4. The number of nitrogens with zero attached hydrogens (tertiary/aromatic N) is 2. The standard InChI is InChI=1S/C26H37N3O3S/c1-18(2)23(24(31)32-3)27-25(33)29-13-10-26(17-29)8-11-28(12-9-26)22(30)16-19-14-20-6-4-5-7-21(20)15-19/h4-7,18-19,23H,8-17H2,1-3H3,(H,27,33). The van der Waals surface area contributed by atoms with Crippen molar-refractivity contribution in [2.45, 2.75) is 58.4 Å². The smallest absolute Gasteiger partial charge is 0.328 e. The number of hydrogen-bond acceptors (Lipinski definition) is 4. The summed E-state index contributed by atoms with van der Waals surface area (Å²) in [5, 5.41) is 3.86. The van der Waals surface area contributed by atoms with E-state index in [-0.39, 0.29) is 17.3 Å². The van der Waals surface area contributed by atoms with Gasteiger partial charge in [0.05, 0.1) is 7.11 Å². The molecule has 1 aliphatic carbocycles. The molecule has 180 valence electrons. The van der Waals surface area contributed by atoms with Crippen LogP contribution in [0.5, 0.6) is 0 Å². The zero-order chi connectivity index (χ0) is 23.6. The Labute approximate surface area is 203 Å². The Bertz CT molecular complexity index is 870. The third-order valence-corrected chi connectivity index (χ3v) is 8.28. The number of carbonyl (C=O) groups is 2. The van der Waals surface area contributed by atoms with Gasteiger partial charge in [-0.2, -0.15) is 0 Å². The normalized spacial score (nSPS) is 20.7. The van der Waals surface area contributed by atoms with Crippen LogP contribution >= 0.6 is 12.2 Å². The van der Waals surface area contributed by atoms with Crippen molar-refractivity contribution in [1.29, 1.82) is 0 Å². The van der Waals surface area contributed by atoms with E-state index in [1.54, 1.807) is 0 Å². The van der Waals surface area contributed by atoms with Gasteiger partial charge in [0.15, 0.2) is 5.11 Å². The SMILES string of the molecule is COC(=O)C(NC(=S)N1CCC2(CCN(C(=O)CC3Cc4ccccc4C3)CC2)C1)C(C)C. The maximum atomic E-state index is 13.0. The van der Waals surface area contributed by atoms with Gasteiger partial charge in [-0.05, 0) is 72.7 Å². The fourth-order valence-corrected chi connectivity index (χ4v) is 6.05. The van der Waals surface area contributed by atoms with Crippen LogP contribution < -0.4 is 5.32 Å². The van der Waals surface area contributed by atoms with E-state index in [0.717, 1.165) is 58.3 Å². The van der Waals surface area contributed by atoms with Crippen LogP contribution in [-0.4, -0.2) is 66.1 Å². The predicted molar refractivity (Wildman–Crippen MR) is 133 cm³/mol. The molecule has 1 amide bonds. The highest BCUT2D eigenvalue weighted by Crippen LogP contribution is 2.41. The number of thiocarbonyl (C=S) groups is 1. The van der Waals surface area contributed by atoms with Gasteiger partial charge in [-0.25, -0.2) is 4.79 Å². The quantitative estimate of drug-likeness (QED) is 0.526. The Balaban J connectivity index is 1.25. The Hall–Kier alpha value is -2.15. The van der Waals surface area contributed by atoms with E-state index < -0.39 is 6.04 Å². The van der Waals surface area contributed by atoms with E-state index in [4.69, 9.17) is 17.0 Å². The molecule has 4 rings (SSSR count). The first-order chi connectivity index (χ1) is 15.8. The Kier molecular flexibility index (Phi) is 7.27. The summed E-state index contributed by atoms with van der Waals surface area (Å²) in [6.45, 7) is 7.43. The number of ether oxygens (including phenoxy) is 1. The van der Waals surface area contributed by atoms with Crippen LogP contribution in [-0.2, 0) is 27.2 Å². The second-order valence-electron chi connectivity index (χ2n) is 10.5. The topological polar surface area (TPSA) is 61.9 Å². The number of esters is 1. The van der Waals surface area contributed by atoms with Gasteiger partial charge < -0.3 is 19.9 Å². The summed E-state index contributed by atoms with van der Waals surface area (Å²) in [5.41, 5.74) is 3.04. The first-order valence-electron chi connectivity index (χ1n) is 12.3. The zero-order valence-corrected chi connectivity index (χ0v) is 21.0. The number of methoxy groups -OCH3 is 1. The van der Waals surface area contributed by atoms with Crippen molar-refractivity contribution in [2.75, 3.05) is 33.3 Å². The molecule has 0 bridgehead atoms. The van der Waals surface area contributed by atoms with Gasteiger partial charge in [0.25, 0.3) is 0 Å². The molecule has 1 aromatic carbocycles. The lowest BCUT2D eigenvalue weighted by atomic mass is 9.77. The van der Waals surface area contributed by atoms with Crippen molar-refractivity contribution in [1.82, 2.24) is 15.1 Å². The van der Waals surface area contributed by atoms with Crippen LogP contribution in [0.2, 0.25) is 0 Å². The number of nitrogens with one attached hydrogen (secondary N) is 1. The molecule has 1 N–H and O–H groups in total. The molecule has 2 aliphatic heterocycles. The van der Waals surface area contributed by atoms with Gasteiger partial charge in [-0.3, -0.25) is 4.79 Å². The van der Waals surface area contributed by atoms with Crippen LogP contribution in [0.4, 0.5) is 0 Å². The number of hydrogen-bond donors (Lipinski definition) is 1. The highest BCUT2D eigenvalue weighted by atomic mass is 32.1. The molecule has 0 saturated carbocycles. The number of benzene rings is 1. The molecule has 6 nitrogen and oxygen atoms in total. The number of piperidine rings is 1. The highest BCUT2D eigenvalue weighted by molar-refractivity contribution is 7.80. The molecule has 1 unspecified atom stereocenters. The minimum absolute atomic E-state index is 0.0916. The van der Waals surface area contributed by atoms with E-state index in [1.165, 1.54) is 18.2 Å². The van der Waals surface area contributed by atoms with Crippen molar-refractivity contribution in [3.05, 3.63) is 35.4 Å². The molecule has 2 saturated heterocycles. The summed E-state index contributed by atoms with van der Waals surface area (Å²) >= 11 is 5.65. The average Bonchev–Trinajstić information content (AvgIpc) is 3.41. The van der Waals surface area contributed by atoms with E-state index in [9.17, 15) is 9.59 Å². The Morgan fingerprint density at radius 3 is 2.21 bits per heavy atom. The summed E-state index contributed by atoms with van der Waals surface area (Å²) in [6.07, 6.45) is 5.84. The maximum Gasteiger partial charge on any atom is 0.328 e. The van der Waals surface area contributed by atoms with Gasteiger partial charge >= 0.3 is 5.97 Å². The summed E-state index contributed by atoms with van der Waals surface area (Å²) in [6, 6.07) is 8.16. The van der Waals surface area contributed by atoms with Crippen molar-refractivity contribution < 1.29 is 14.3 Å². The van der Waals surface area contributed by atoms with Gasteiger partial charge in [0.2, 0.25) is 5.91 Å². The number of fused-ring (bicyclic) bond motifs is 1. The van der Waals surface area contributed by atoms with Crippen LogP contribution in [0, 0.1) is 17.3 Å². The minimum atomic E-state index is -0.430. The van der Waals surface area contributed by atoms with Crippen LogP contribution in [0.3, 0.4) is 0 Å². The fraction of sp³-hybridized carbons (Fsp3) is 0.654. The van der Waals surface area contributed by atoms with Crippen molar-refractivity contribution in [3.63, 3.8) is 0 Å².